The van der Waals surface area contributed by atoms with Crippen molar-refractivity contribution in [2.24, 2.45) is 5.41 Å². The number of benzene rings is 1. The average molecular weight is 260 g/mol. The minimum absolute atomic E-state index is 0.0287. The number of nitrogens with one attached hydrogen (secondary N) is 2. The van der Waals surface area contributed by atoms with Crippen LogP contribution >= 0.6 is 0 Å². The maximum Gasteiger partial charge on any atom is 0.228 e. The van der Waals surface area contributed by atoms with Crippen LogP contribution in [0.2, 0.25) is 0 Å². The third kappa shape index (κ3) is 1.95. The average Bonchev–Trinajstić information content (AvgIpc) is 2.72. The Bertz CT molecular complexity index is 503. The number of amides is 1. The van der Waals surface area contributed by atoms with Crippen LogP contribution in [0.25, 0.3) is 0 Å². The topological polar surface area (TPSA) is 61.4 Å². The molecule has 1 unspecified atom stereocenters. The Kier molecular flexibility index (Phi) is 3.07. The van der Waals surface area contributed by atoms with Crippen LogP contribution in [-0.4, -0.2) is 24.7 Å². The summed E-state index contributed by atoms with van der Waals surface area (Å²) >= 11 is 0. The van der Waals surface area contributed by atoms with Crippen molar-refractivity contribution in [1.29, 1.82) is 0 Å². The molecule has 1 aliphatic heterocycles. The van der Waals surface area contributed by atoms with Gasteiger partial charge in [0.15, 0.2) is 0 Å². The van der Waals surface area contributed by atoms with E-state index in [1.165, 1.54) is 12.0 Å². The van der Waals surface area contributed by atoms with Gasteiger partial charge in [-0.05, 0) is 37.1 Å². The van der Waals surface area contributed by atoms with E-state index in [1.807, 2.05) is 13.1 Å². The number of carbonyl (C=O) groups excluding carboxylic acids is 1. The van der Waals surface area contributed by atoms with Gasteiger partial charge < -0.3 is 15.7 Å². The Morgan fingerprint density at radius 1 is 1.47 bits per heavy atom. The molecule has 0 radical (unpaired) electrons. The monoisotopic (exact) mass is 260 g/mol. The molecule has 1 fully saturated rings. The normalized spacial score (nSPS) is 21.5. The highest BCUT2D eigenvalue weighted by Crippen LogP contribution is 2.50. The van der Waals surface area contributed by atoms with Gasteiger partial charge in [-0.1, -0.05) is 18.6 Å². The zero-order valence-electron chi connectivity index (χ0n) is 11.2. The second kappa shape index (κ2) is 4.62. The summed E-state index contributed by atoms with van der Waals surface area (Å²) in [5, 5.41) is 15.9. The highest BCUT2D eigenvalue weighted by molar-refractivity contribution is 5.99. The number of aliphatic hydroxyl groups is 1. The SMILES string of the molecule is CNC(c1ccc2c(c1)CC(=O)N2)C1(CO)CCC1. The second-order valence-corrected chi connectivity index (χ2v) is 5.74. The molecular weight excluding hydrogens is 240 g/mol. The summed E-state index contributed by atoms with van der Waals surface area (Å²) in [5.41, 5.74) is 3.14. The van der Waals surface area contributed by atoms with Crippen molar-refractivity contribution < 1.29 is 9.90 Å². The van der Waals surface area contributed by atoms with E-state index < -0.39 is 0 Å². The van der Waals surface area contributed by atoms with E-state index in [2.05, 4.69) is 22.8 Å². The zero-order valence-corrected chi connectivity index (χ0v) is 11.2. The van der Waals surface area contributed by atoms with Gasteiger partial charge in [-0.25, -0.2) is 0 Å². The van der Waals surface area contributed by atoms with Gasteiger partial charge in [-0.3, -0.25) is 4.79 Å². The Morgan fingerprint density at radius 2 is 2.26 bits per heavy atom. The van der Waals surface area contributed by atoms with Crippen LogP contribution in [-0.2, 0) is 11.2 Å². The van der Waals surface area contributed by atoms with E-state index in [4.69, 9.17) is 0 Å². The fourth-order valence-electron chi connectivity index (χ4n) is 3.42. The molecule has 3 N–H and O–H groups in total. The minimum Gasteiger partial charge on any atom is -0.396 e. The Balaban J connectivity index is 1.92. The molecule has 0 aromatic heterocycles. The van der Waals surface area contributed by atoms with E-state index in [0.29, 0.717) is 6.42 Å². The third-order valence-electron chi connectivity index (χ3n) is 4.65. The van der Waals surface area contributed by atoms with Crippen LogP contribution in [0.5, 0.6) is 0 Å². The summed E-state index contributed by atoms with van der Waals surface area (Å²) in [4.78, 5) is 11.4. The van der Waals surface area contributed by atoms with Crippen molar-refractivity contribution in [3.05, 3.63) is 29.3 Å². The maximum absolute atomic E-state index is 11.4. The summed E-state index contributed by atoms with van der Waals surface area (Å²) in [6.45, 7) is 0.215. The quantitative estimate of drug-likeness (QED) is 0.770. The van der Waals surface area contributed by atoms with Gasteiger partial charge in [0.2, 0.25) is 5.91 Å². The van der Waals surface area contributed by atoms with Crippen molar-refractivity contribution >= 4 is 11.6 Å². The first-order valence-electron chi connectivity index (χ1n) is 6.89. The standard InChI is InChI=1S/C15H20N2O2/c1-16-14(15(9-18)5-2-6-15)10-3-4-12-11(7-10)8-13(19)17-12/h3-4,7,14,16,18H,2,5-6,8-9H2,1H3,(H,17,19). The molecule has 1 amide bonds. The zero-order chi connectivity index (χ0) is 13.5. The fraction of sp³-hybridized carbons (Fsp3) is 0.533. The van der Waals surface area contributed by atoms with Crippen molar-refractivity contribution in [3.63, 3.8) is 0 Å². The second-order valence-electron chi connectivity index (χ2n) is 5.74. The number of fused-ring (bicyclic) bond motifs is 1. The number of aliphatic hydroxyl groups excluding tert-OH is 1. The molecule has 0 bridgehead atoms. The molecular formula is C15H20N2O2. The largest absolute Gasteiger partial charge is 0.396 e. The molecule has 3 rings (SSSR count). The molecule has 4 nitrogen and oxygen atoms in total. The van der Waals surface area contributed by atoms with E-state index in [1.54, 1.807) is 0 Å². The predicted molar refractivity (Wildman–Crippen MR) is 73.9 cm³/mol. The summed E-state index contributed by atoms with van der Waals surface area (Å²) in [5.74, 6) is 0.0636. The Hall–Kier alpha value is -1.39. The van der Waals surface area contributed by atoms with Gasteiger partial charge in [-0.15, -0.1) is 0 Å². The first-order chi connectivity index (χ1) is 9.18. The van der Waals surface area contributed by atoms with Crippen LogP contribution in [0, 0.1) is 5.41 Å². The van der Waals surface area contributed by atoms with Gasteiger partial charge in [0.25, 0.3) is 0 Å². The van der Waals surface area contributed by atoms with Crippen molar-refractivity contribution in [3.8, 4) is 0 Å². The first kappa shape index (κ1) is 12.6. The molecule has 4 heteroatoms. The molecule has 0 spiro atoms. The molecule has 0 saturated heterocycles. The number of hydrogen-bond donors (Lipinski definition) is 3. The molecule has 1 heterocycles. The van der Waals surface area contributed by atoms with E-state index in [9.17, 15) is 9.90 Å². The lowest BCUT2D eigenvalue weighted by atomic mass is 9.63. The lowest BCUT2D eigenvalue weighted by molar-refractivity contribution is -0.115. The fourth-order valence-corrected chi connectivity index (χ4v) is 3.42. The van der Waals surface area contributed by atoms with E-state index in [0.717, 1.165) is 24.1 Å². The molecule has 1 atom stereocenters. The van der Waals surface area contributed by atoms with Gasteiger partial charge in [0.1, 0.15) is 0 Å². The van der Waals surface area contributed by atoms with Gasteiger partial charge in [-0.2, -0.15) is 0 Å². The predicted octanol–water partition coefficient (Wildman–Crippen LogP) is 1.60. The lowest BCUT2D eigenvalue weighted by Gasteiger charge is -2.46. The molecule has 1 aromatic carbocycles. The van der Waals surface area contributed by atoms with Gasteiger partial charge in [0, 0.05) is 17.1 Å². The summed E-state index contributed by atoms with van der Waals surface area (Å²) in [6, 6.07) is 6.29. The summed E-state index contributed by atoms with van der Waals surface area (Å²) < 4.78 is 0. The Labute approximate surface area is 113 Å². The molecule has 1 aliphatic carbocycles. The number of rotatable bonds is 4. The number of hydrogen-bond acceptors (Lipinski definition) is 3. The Morgan fingerprint density at radius 3 is 2.84 bits per heavy atom. The van der Waals surface area contributed by atoms with E-state index >= 15 is 0 Å². The molecule has 19 heavy (non-hydrogen) atoms. The van der Waals surface area contributed by atoms with Crippen LogP contribution in [0.4, 0.5) is 5.69 Å². The maximum atomic E-state index is 11.4. The highest BCUT2D eigenvalue weighted by atomic mass is 16.3. The van der Waals surface area contributed by atoms with E-state index in [-0.39, 0.29) is 24.0 Å². The molecule has 102 valence electrons. The lowest BCUT2D eigenvalue weighted by Crippen LogP contribution is -2.44. The third-order valence-corrected chi connectivity index (χ3v) is 4.65. The van der Waals surface area contributed by atoms with Gasteiger partial charge in [0.05, 0.1) is 13.0 Å². The first-order valence-corrected chi connectivity index (χ1v) is 6.89. The molecule has 1 saturated carbocycles. The highest BCUT2D eigenvalue weighted by Gasteiger charge is 2.43. The van der Waals surface area contributed by atoms with Crippen molar-refractivity contribution in [2.45, 2.75) is 31.7 Å². The summed E-state index contributed by atoms with van der Waals surface area (Å²) in [7, 11) is 1.94. The van der Waals surface area contributed by atoms with Crippen LogP contribution in [0.3, 0.4) is 0 Å². The molecule has 2 aliphatic rings. The number of anilines is 1. The smallest absolute Gasteiger partial charge is 0.228 e. The van der Waals surface area contributed by atoms with Crippen LogP contribution in [0.15, 0.2) is 18.2 Å². The van der Waals surface area contributed by atoms with Crippen LogP contribution in [0.1, 0.15) is 36.4 Å². The number of carbonyl (C=O) groups is 1. The minimum atomic E-state index is -0.0287. The van der Waals surface area contributed by atoms with Gasteiger partial charge >= 0.3 is 0 Å². The van der Waals surface area contributed by atoms with Crippen molar-refractivity contribution in [1.82, 2.24) is 5.32 Å². The molecule has 1 aromatic rings. The van der Waals surface area contributed by atoms with Crippen molar-refractivity contribution in [2.75, 3.05) is 19.0 Å². The summed E-state index contributed by atoms with van der Waals surface area (Å²) in [6.07, 6.45) is 3.77. The van der Waals surface area contributed by atoms with Crippen LogP contribution < -0.4 is 10.6 Å².